The SMILES string of the molecule is CN(C)c1ccc(S(N)(=O)=O)cc1NC(=O)c1ccc2ccccc2c1. The molecule has 0 aliphatic carbocycles. The fourth-order valence-electron chi connectivity index (χ4n) is 2.71. The first-order chi connectivity index (χ1) is 12.3. The lowest BCUT2D eigenvalue weighted by molar-refractivity contribution is 0.102. The van der Waals surface area contributed by atoms with Gasteiger partial charge in [0.2, 0.25) is 10.0 Å². The zero-order valence-corrected chi connectivity index (χ0v) is 15.2. The first-order valence-electron chi connectivity index (χ1n) is 7.90. The summed E-state index contributed by atoms with van der Waals surface area (Å²) in [7, 11) is -0.260. The van der Waals surface area contributed by atoms with Crippen LogP contribution < -0.4 is 15.4 Å². The van der Waals surface area contributed by atoms with Crippen molar-refractivity contribution < 1.29 is 13.2 Å². The van der Waals surface area contributed by atoms with Crippen LogP contribution in [0.5, 0.6) is 0 Å². The summed E-state index contributed by atoms with van der Waals surface area (Å²) in [5.41, 5.74) is 1.53. The van der Waals surface area contributed by atoms with Gasteiger partial charge in [-0.05, 0) is 41.1 Å². The molecule has 0 radical (unpaired) electrons. The van der Waals surface area contributed by atoms with E-state index in [1.165, 1.54) is 12.1 Å². The Morgan fingerprint density at radius 3 is 2.31 bits per heavy atom. The van der Waals surface area contributed by atoms with Crippen LogP contribution in [0, 0.1) is 0 Å². The van der Waals surface area contributed by atoms with Crippen molar-refractivity contribution in [2.45, 2.75) is 4.90 Å². The molecular weight excluding hydrogens is 350 g/mol. The third-order valence-electron chi connectivity index (χ3n) is 4.04. The second-order valence-electron chi connectivity index (χ2n) is 6.13. The predicted molar refractivity (Wildman–Crippen MR) is 104 cm³/mol. The van der Waals surface area contributed by atoms with Crippen molar-refractivity contribution in [3.63, 3.8) is 0 Å². The van der Waals surface area contributed by atoms with Crippen LogP contribution in [-0.2, 0) is 10.0 Å². The van der Waals surface area contributed by atoms with Crippen molar-refractivity contribution in [2.75, 3.05) is 24.3 Å². The fraction of sp³-hybridized carbons (Fsp3) is 0.105. The number of carbonyl (C=O) groups is 1. The summed E-state index contributed by atoms with van der Waals surface area (Å²) < 4.78 is 23.2. The number of amides is 1. The highest BCUT2D eigenvalue weighted by atomic mass is 32.2. The second-order valence-corrected chi connectivity index (χ2v) is 7.70. The Morgan fingerprint density at radius 1 is 0.962 bits per heavy atom. The number of nitrogens with two attached hydrogens (primary N) is 1. The molecule has 0 aliphatic heterocycles. The maximum Gasteiger partial charge on any atom is 0.255 e. The highest BCUT2D eigenvalue weighted by molar-refractivity contribution is 7.89. The molecule has 0 spiro atoms. The molecule has 0 saturated carbocycles. The van der Waals surface area contributed by atoms with E-state index in [0.717, 1.165) is 10.8 Å². The summed E-state index contributed by atoms with van der Waals surface area (Å²) in [6.45, 7) is 0. The first-order valence-corrected chi connectivity index (χ1v) is 9.45. The zero-order chi connectivity index (χ0) is 18.9. The topological polar surface area (TPSA) is 92.5 Å². The van der Waals surface area contributed by atoms with Gasteiger partial charge in [-0.15, -0.1) is 0 Å². The van der Waals surface area contributed by atoms with E-state index >= 15 is 0 Å². The summed E-state index contributed by atoms with van der Waals surface area (Å²) >= 11 is 0. The molecule has 0 heterocycles. The minimum absolute atomic E-state index is 0.0584. The molecule has 0 bridgehead atoms. The highest BCUT2D eigenvalue weighted by Gasteiger charge is 2.15. The van der Waals surface area contributed by atoms with Gasteiger partial charge in [0.05, 0.1) is 16.3 Å². The number of benzene rings is 3. The quantitative estimate of drug-likeness (QED) is 0.740. The molecule has 3 N–H and O–H groups in total. The molecule has 0 atom stereocenters. The Kier molecular flexibility index (Phi) is 4.67. The number of sulfonamides is 1. The average molecular weight is 369 g/mol. The van der Waals surface area contributed by atoms with Crippen molar-refractivity contribution in [3.05, 3.63) is 66.2 Å². The van der Waals surface area contributed by atoms with E-state index in [2.05, 4.69) is 5.32 Å². The molecule has 0 fully saturated rings. The van der Waals surface area contributed by atoms with Gasteiger partial charge in [0, 0.05) is 19.7 Å². The van der Waals surface area contributed by atoms with E-state index in [-0.39, 0.29) is 10.8 Å². The van der Waals surface area contributed by atoms with Gasteiger partial charge in [0.15, 0.2) is 0 Å². The molecule has 0 aromatic heterocycles. The standard InChI is InChI=1S/C19H19N3O3S/c1-22(2)18-10-9-16(26(20,24)25)12-17(18)21-19(23)15-8-7-13-5-3-4-6-14(13)11-15/h3-12H,1-2H3,(H,21,23)(H2,20,24,25). The molecule has 0 saturated heterocycles. The first kappa shape index (κ1) is 17.9. The van der Waals surface area contributed by atoms with Gasteiger partial charge >= 0.3 is 0 Å². The van der Waals surface area contributed by atoms with E-state index in [0.29, 0.717) is 16.9 Å². The summed E-state index contributed by atoms with van der Waals surface area (Å²) in [5.74, 6) is -0.328. The number of primary sulfonamides is 1. The largest absolute Gasteiger partial charge is 0.376 e. The normalized spacial score (nSPS) is 11.3. The van der Waals surface area contributed by atoms with Crippen molar-refractivity contribution >= 4 is 38.1 Å². The number of nitrogens with one attached hydrogen (secondary N) is 1. The minimum atomic E-state index is -3.87. The molecule has 3 rings (SSSR count). The average Bonchev–Trinajstić information content (AvgIpc) is 2.60. The Hall–Kier alpha value is -2.90. The third-order valence-corrected chi connectivity index (χ3v) is 4.95. The van der Waals surface area contributed by atoms with Gasteiger partial charge < -0.3 is 10.2 Å². The number of nitrogens with zero attached hydrogens (tertiary/aromatic N) is 1. The smallest absolute Gasteiger partial charge is 0.255 e. The Labute approximate surface area is 152 Å². The summed E-state index contributed by atoms with van der Waals surface area (Å²) in [6.07, 6.45) is 0. The van der Waals surface area contributed by atoms with Crippen molar-refractivity contribution in [1.82, 2.24) is 0 Å². The summed E-state index contributed by atoms with van der Waals surface area (Å²) in [5, 5.41) is 9.97. The van der Waals surface area contributed by atoms with Crippen molar-refractivity contribution in [3.8, 4) is 0 Å². The van der Waals surface area contributed by atoms with Crippen LogP contribution in [0.1, 0.15) is 10.4 Å². The summed E-state index contributed by atoms with van der Waals surface area (Å²) in [6, 6.07) is 17.5. The molecule has 134 valence electrons. The van der Waals surface area contributed by atoms with Crippen LogP contribution in [0.3, 0.4) is 0 Å². The molecule has 7 heteroatoms. The number of fused-ring (bicyclic) bond motifs is 1. The van der Waals surface area contributed by atoms with Crippen LogP contribution in [0.4, 0.5) is 11.4 Å². The van der Waals surface area contributed by atoms with Gasteiger partial charge in [-0.2, -0.15) is 0 Å². The monoisotopic (exact) mass is 369 g/mol. The van der Waals surface area contributed by atoms with Crippen LogP contribution in [0.25, 0.3) is 10.8 Å². The molecule has 3 aromatic rings. The van der Waals surface area contributed by atoms with E-state index in [1.54, 1.807) is 37.2 Å². The molecule has 26 heavy (non-hydrogen) atoms. The zero-order valence-electron chi connectivity index (χ0n) is 14.4. The number of carbonyl (C=O) groups excluding carboxylic acids is 1. The minimum Gasteiger partial charge on any atom is -0.376 e. The van der Waals surface area contributed by atoms with E-state index in [9.17, 15) is 13.2 Å². The number of hydrogen-bond donors (Lipinski definition) is 2. The molecule has 0 aliphatic rings. The number of rotatable bonds is 4. The van der Waals surface area contributed by atoms with Gasteiger partial charge in [-0.3, -0.25) is 4.79 Å². The lowest BCUT2D eigenvalue weighted by atomic mass is 10.1. The van der Waals surface area contributed by atoms with Crippen LogP contribution in [-0.4, -0.2) is 28.4 Å². The van der Waals surface area contributed by atoms with Crippen molar-refractivity contribution in [1.29, 1.82) is 0 Å². The van der Waals surface area contributed by atoms with E-state index < -0.39 is 10.0 Å². The molecule has 6 nitrogen and oxygen atoms in total. The van der Waals surface area contributed by atoms with Crippen LogP contribution >= 0.6 is 0 Å². The van der Waals surface area contributed by atoms with Crippen LogP contribution in [0.2, 0.25) is 0 Å². The third kappa shape index (κ3) is 3.68. The molecule has 0 unspecified atom stereocenters. The molecular formula is C19H19N3O3S. The van der Waals surface area contributed by atoms with Gasteiger partial charge in [0.25, 0.3) is 5.91 Å². The second kappa shape index (κ2) is 6.78. The highest BCUT2D eigenvalue weighted by Crippen LogP contribution is 2.28. The van der Waals surface area contributed by atoms with Gasteiger partial charge in [0.1, 0.15) is 0 Å². The molecule has 3 aromatic carbocycles. The van der Waals surface area contributed by atoms with E-state index in [4.69, 9.17) is 5.14 Å². The van der Waals surface area contributed by atoms with E-state index in [1.807, 2.05) is 30.3 Å². The van der Waals surface area contributed by atoms with Gasteiger partial charge in [-0.25, -0.2) is 13.6 Å². The van der Waals surface area contributed by atoms with Crippen LogP contribution in [0.15, 0.2) is 65.6 Å². The Morgan fingerprint density at radius 2 is 1.65 bits per heavy atom. The van der Waals surface area contributed by atoms with Crippen molar-refractivity contribution in [2.24, 2.45) is 5.14 Å². The maximum absolute atomic E-state index is 12.7. The molecule has 1 amide bonds. The Bertz CT molecular complexity index is 1090. The predicted octanol–water partition coefficient (Wildman–Crippen LogP) is 2.81. The lowest BCUT2D eigenvalue weighted by Crippen LogP contribution is -2.18. The lowest BCUT2D eigenvalue weighted by Gasteiger charge is -2.19. The van der Waals surface area contributed by atoms with Gasteiger partial charge in [-0.1, -0.05) is 30.3 Å². The number of hydrogen-bond acceptors (Lipinski definition) is 4. The maximum atomic E-state index is 12.7. The summed E-state index contributed by atoms with van der Waals surface area (Å²) in [4.78, 5) is 14.4. The fourth-order valence-corrected chi connectivity index (χ4v) is 3.25. The number of anilines is 2. The Balaban J connectivity index is 1.99.